The molecule has 2 aromatic heterocycles. The van der Waals surface area contributed by atoms with E-state index < -0.39 is 0 Å². The Bertz CT molecular complexity index is 827. The topological polar surface area (TPSA) is 47.8 Å². The van der Waals surface area contributed by atoms with Crippen LogP contribution in [-0.4, -0.2) is 26.4 Å². The summed E-state index contributed by atoms with van der Waals surface area (Å²) in [6.07, 6.45) is 2.03. The van der Waals surface area contributed by atoms with Crippen molar-refractivity contribution in [3.63, 3.8) is 0 Å². The summed E-state index contributed by atoms with van der Waals surface area (Å²) in [6, 6.07) is 5.92. The zero-order chi connectivity index (χ0) is 14.3. The van der Waals surface area contributed by atoms with Gasteiger partial charge in [-0.1, -0.05) is 0 Å². The van der Waals surface area contributed by atoms with Gasteiger partial charge >= 0.3 is 0 Å². The summed E-state index contributed by atoms with van der Waals surface area (Å²) in [4.78, 5) is 3.22. The summed E-state index contributed by atoms with van der Waals surface area (Å²) in [5.74, 6) is 0.818. The number of rotatable bonds is 3. The van der Waals surface area contributed by atoms with Crippen molar-refractivity contribution in [2.75, 3.05) is 7.11 Å². The molecule has 0 bridgehead atoms. The average molecular weight is 288 g/mol. The Morgan fingerprint density at radius 1 is 1.40 bits per heavy atom. The van der Waals surface area contributed by atoms with Crippen LogP contribution in [0.3, 0.4) is 0 Å². The monoisotopic (exact) mass is 288 g/mol. The van der Waals surface area contributed by atoms with Crippen molar-refractivity contribution in [2.45, 2.75) is 13.5 Å². The Morgan fingerprint density at radius 2 is 2.20 bits per heavy atom. The number of aromatic amines is 1. The number of benzene rings is 1. The molecule has 20 heavy (non-hydrogen) atoms. The Morgan fingerprint density at radius 3 is 2.85 bits per heavy atom. The van der Waals surface area contributed by atoms with E-state index in [1.165, 1.54) is 5.56 Å². The lowest BCUT2D eigenvalue weighted by molar-refractivity contribution is 0.415. The van der Waals surface area contributed by atoms with E-state index in [1.54, 1.807) is 7.11 Å². The lowest BCUT2D eigenvalue weighted by Gasteiger charge is -2.04. The molecule has 1 aromatic carbocycles. The Hall–Kier alpha value is -2.08. The van der Waals surface area contributed by atoms with Crippen LogP contribution >= 0.6 is 12.2 Å². The second-order valence-corrected chi connectivity index (χ2v) is 5.20. The molecule has 0 saturated carbocycles. The second kappa shape index (κ2) is 4.79. The van der Waals surface area contributed by atoms with E-state index >= 15 is 0 Å². The molecule has 3 aromatic rings. The van der Waals surface area contributed by atoms with Gasteiger partial charge in [0.2, 0.25) is 0 Å². The number of imidazole rings is 1. The van der Waals surface area contributed by atoms with Crippen molar-refractivity contribution in [1.82, 2.24) is 19.3 Å². The van der Waals surface area contributed by atoms with Gasteiger partial charge in [-0.2, -0.15) is 5.10 Å². The molecule has 3 rings (SSSR count). The van der Waals surface area contributed by atoms with Crippen LogP contribution in [0.25, 0.3) is 11.0 Å². The predicted octanol–water partition coefficient (Wildman–Crippen LogP) is 2.80. The van der Waals surface area contributed by atoms with Gasteiger partial charge in [-0.25, -0.2) is 0 Å². The fourth-order valence-corrected chi connectivity index (χ4v) is 2.67. The molecular formula is C14H16N4OS. The van der Waals surface area contributed by atoms with Gasteiger partial charge in [0.15, 0.2) is 4.77 Å². The van der Waals surface area contributed by atoms with Crippen molar-refractivity contribution in [3.05, 3.63) is 40.4 Å². The van der Waals surface area contributed by atoms with E-state index in [0.29, 0.717) is 11.3 Å². The molecule has 0 aliphatic carbocycles. The first-order valence-electron chi connectivity index (χ1n) is 6.34. The molecule has 0 spiro atoms. The van der Waals surface area contributed by atoms with Crippen molar-refractivity contribution in [2.24, 2.45) is 7.05 Å². The number of ether oxygens (including phenoxy) is 1. The van der Waals surface area contributed by atoms with E-state index in [2.05, 4.69) is 14.6 Å². The van der Waals surface area contributed by atoms with E-state index in [1.807, 2.05) is 43.0 Å². The average Bonchev–Trinajstić information content (AvgIpc) is 2.89. The van der Waals surface area contributed by atoms with Crippen LogP contribution in [0.2, 0.25) is 0 Å². The summed E-state index contributed by atoms with van der Waals surface area (Å²) in [6.45, 7) is 2.72. The van der Waals surface area contributed by atoms with Crippen molar-refractivity contribution in [1.29, 1.82) is 0 Å². The second-order valence-electron chi connectivity index (χ2n) is 4.81. The van der Waals surface area contributed by atoms with Crippen LogP contribution in [-0.2, 0) is 13.6 Å². The van der Waals surface area contributed by atoms with Crippen LogP contribution in [0.15, 0.2) is 24.4 Å². The van der Waals surface area contributed by atoms with Gasteiger partial charge in [0, 0.05) is 24.9 Å². The fourth-order valence-electron chi connectivity index (χ4n) is 2.40. The van der Waals surface area contributed by atoms with Gasteiger partial charge in [0.05, 0.1) is 30.4 Å². The highest BCUT2D eigenvalue weighted by atomic mass is 32.1. The quantitative estimate of drug-likeness (QED) is 0.754. The number of aryl methyl sites for hydroxylation is 2. The molecule has 0 amide bonds. The molecule has 5 nitrogen and oxygen atoms in total. The van der Waals surface area contributed by atoms with Gasteiger partial charge in [0.1, 0.15) is 5.75 Å². The fraction of sp³-hybridized carbons (Fsp3) is 0.286. The molecule has 0 radical (unpaired) electrons. The molecule has 6 heteroatoms. The number of H-pyrrole nitrogens is 1. The van der Waals surface area contributed by atoms with E-state index in [9.17, 15) is 0 Å². The van der Waals surface area contributed by atoms with Crippen LogP contribution in [0, 0.1) is 11.7 Å². The zero-order valence-electron chi connectivity index (χ0n) is 11.7. The first-order valence-corrected chi connectivity index (χ1v) is 6.75. The standard InChI is InChI=1S/C14H16N4OS/c1-9-10(7-17(2)16-9)8-18-13-5-4-11(19-3)6-12(13)15-14(18)20/h4-7H,8H2,1-3H3,(H,15,20). The third-order valence-electron chi connectivity index (χ3n) is 3.42. The highest BCUT2D eigenvalue weighted by Gasteiger charge is 2.09. The molecule has 0 fully saturated rings. The van der Waals surface area contributed by atoms with Crippen molar-refractivity contribution >= 4 is 23.3 Å². The number of methoxy groups -OCH3 is 1. The van der Waals surface area contributed by atoms with Crippen LogP contribution in [0.4, 0.5) is 0 Å². The maximum atomic E-state index is 5.42. The predicted molar refractivity (Wildman–Crippen MR) is 80.7 cm³/mol. The minimum Gasteiger partial charge on any atom is -0.497 e. The van der Waals surface area contributed by atoms with E-state index in [-0.39, 0.29) is 0 Å². The highest BCUT2D eigenvalue weighted by Crippen LogP contribution is 2.21. The molecule has 2 heterocycles. The van der Waals surface area contributed by atoms with Gasteiger partial charge < -0.3 is 14.3 Å². The van der Waals surface area contributed by atoms with Crippen LogP contribution in [0.1, 0.15) is 11.3 Å². The van der Waals surface area contributed by atoms with Gasteiger partial charge in [-0.05, 0) is 31.3 Å². The molecule has 0 atom stereocenters. The normalized spacial score (nSPS) is 11.2. The molecule has 0 saturated heterocycles. The summed E-state index contributed by atoms with van der Waals surface area (Å²) >= 11 is 5.42. The molecule has 1 N–H and O–H groups in total. The number of fused-ring (bicyclic) bond motifs is 1. The number of hydrogen-bond acceptors (Lipinski definition) is 3. The zero-order valence-corrected chi connectivity index (χ0v) is 12.5. The van der Waals surface area contributed by atoms with Crippen LogP contribution in [0.5, 0.6) is 5.75 Å². The SMILES string of the molecule is COc1ccc2c(c1)[nH]c(=S)n2Cc1cn(C)nc1C. The lowest BCUT2D eigenvalue weighted by atomic mass is 10.2. The Balaban J connectivity index is 2.09. The summed E-state index contributed by atoms with van der Waals surface area (Å²) in [5.41, 5.74) is 4.24. The smallest absolute Gasteiger partial charge is 0.178 e. The maximum Gasteiger partial charge on any atom is 0.178 e. The van der Waals surface area contributed by atoms with Crippen molar-refractivity contribution in [3.8, 4) is 5.75 Å². The maximum absolute atomic E-state index is 5.42. The molecule has 104 valence electrons. The Kier molecular flexibility index (Phi) is 3.10. The largest absolute Gasteiger partial charge is 0.497 e. The molecule has 0 unspecified atom stereocenters. The number of nitrogens with one attached hydrogen (secondary N) is 1. The van der Waals surface area contributed by atoms with Gasteiger partial charge in [-0.3, -0.25) is 4.68 Å². The van der Waals surface area contributed by atoms with E-state index in [4.69, 9.17) is 17.0 Å². The number of hydrogen-bond donors (Lipinski definition) is 1. The third kappa shape index (κ3) is 2.12. The van der Waals surface area contributed by atoms with Crippen molar-refractivity contribution < 1.29 is 4.74 Å². The summed E-state index contributed by atoms with van der Waals surface area (Å²) in [7, 11) is 3.58. The summed E-state index contributed by atoms with van der Waals surface area (Å²) < 4.78 is 9.84. The van der Waals surface area contributed by atoms with Gasteiger partial charge in [-0.15, -0.1) is 0 Å². The summed E-state index contributed by atoms with van der Waals surface area (Å²) in [5, 5.41) is 4.37. The molecule has 0 aliphatic rings. The first-order chi connectivity index (χ1) is 9.58. The lowest BCUT2D eigenvalue weighted by Crippen LogP contribution is -2.00. The number of aromatic nitrogens is 4. The highest BCUT2D eigenvalue weighted by molar-refractivity contribution is 7.71. The molecule has 0 aliphatic heterocycles. The minimum atomic E-state index is 0.705. The number of nitrogens with zero attached hydrogens (tertiary/aromatic N) is 3. The minimum absolute atomic E-state index is 0.705. The van der Waals surface area contributed by atoms with E-state index in [0.717, 1.165) is 22.5 Å². The third-order valence-corrected chi connectivity index (χ3v) is 3.75. The molecular weight excluding hydrogens is 272 g/mol. The first kappa shape index (κ1) is 12.9. The van der Waals surface area contributed by atoms with Gasteiger partial charge in [0.25, 0.3) is 0 Å². The Labute approximate surface area is 121 Å². The van der Waals surface area contributed by atoms with Crippen LogP contribution < -0.4 is 4.74 Å².